The molecule has 4 nitrogen and oxygen atoms in total. The Hall–Kier alpha value is -3.74. The van der Waals surface area contributed by atoms with Crippen molar-refractivity contribution in [3.8, 4) is 11.4 Å². The van der Waals surface area contributed by atoms with Gasteiger partial charge in [0.25, 0.3) is 5.91 Å². The lowest BCUT2D eigenvalue weighted by atomic mass is 10.1. The number of nitrogens with one attached hydrogen (secondary N) is 1. The molecule has 0 unspecified atom stereocenters. The van der Waals surface area contributed by atoms with E-state index in [1.807, 2.05) is 37.3 Å². The summed E-state index contributed by atoms with van der Waals surface area (Å²) in [4.78, 5) is 22.0. The zero-order valence-corrected chi connectivity index (χ0v) is 16.6. The zero-order chi connectivity index (χ0) is 22.0. The Bertz CT molecular complexity index is 1230. The lowest BCUT2D eigenvalue weighted by molar-refractivity contribution is -0.137. The molecule has 0 aliphatic rings. The number of carbonyl (C=O) groups excluding carboxylic acids is 1. The molecule has 0 atom stereocenters. The average molecular weight is 421 g/mol. The van der Waals surface area contributed by atoms with Crippen molar-refractivity contribution < 1.29 is 18.0 Å². The SMILES string of the molecule is Cc1ccc(-c2nc(C(=O)NCc3ccc(C(F)(F)F)cc3)c3ccccc3n2)cc1. The van der Waals surface area contributed by atoms with E-state index in [-0.39, 0.29) is 12.2 Å². The summed E-state index contributed by atoms with van der Waals surface area (Å²) >= 11 is 0. The zero-order valence-electron chi connectivity index (χ0n) is 16.6. The maximum Gasteiger partial charge on any atom is 0.416 e. The van der Waals surface area contributed by atoms with Gasteiger partial charge in [-0.1, -0.05) is 60.2 Å². The Morgan fingerprint density at radius 1 is 0.903 bits per heavy atom. The van der Waals surface area contributed by atoms with Crippen molar-refractivity contribution in [2.75, 3.05) is 0 Å². The first-order chi connectivity index (χ1) is 14.8. The van der Waals surface area contributed by atoms with Crippen LogP contribution in [0, 0.1) is 6.92 Å². The number of fused-ring (bicyclic) bond motifs is 1. The normalized spacial score (nSPS) is 11.5. The number of aryl methyl sites for hydroxylation is 1. The first-order valence-corrected chi connectivity index (χ1v) is 9.59. The number of hydrogen-bond donors (Lipinski definition) is 1. The summed E-state index contributed by atoms with van der Waals surface area (Å²) < 4.78 is 38.2. The van der Waals surface area contributed by atoms with Gasteiger partial charge in [-0.2, -0.15) is 13.2 Å². The molecule has 1 amide bonds. The quantitative estimate of drug-likeness (QED) is 0.470. The molecule has 0 bridgehead atoms. The number of para-hydroxylation sites is 1. The van der Waals surface area contributed by atoms with E-state index in [9.17, 15) is 18.0 Å². The third-order valence-electron chi connectivity index (χ3n) is 4.86. The van der Waals surface area contributed by atoms with Crippen LogP contribution >= 0.6 is 0 Å². The number of carbonyl (C=O) groups is 1. The predicted molar refractivity (Wildman–Crippen MR) is 112 cm³/mol. The fraction of sp³-hybridized carbons (Fsp3) is 0.125. The van der Waals surface area contributed by atoms with E-state index in [1.54, 1.807) is 18.2 Å². The molecule has 0 saturated heterocycles. The Labute approximate surface area is 176 Å². The number of halogens is 3. The molecule has 1 aromatic heterocycles. The van der Waals surface area contributed by atoms with Crippen LogP contribution in [0.5, 0.6) is 0 Å². The first-order valence-electron chi connectivity index (χ1n) is 9.59. The number of aromatic nitrogens is 2. The van der Waals surface area contributed by atoms with Crippen LogP contribution in [0.4, 0.5) is 13.2 Å². The van der Waals surface area contributed by atoms with E-state index in [1.165, 1.54) is 12.1 Å². The van der Waals surface area contributed by atoms with Gasteiger partial charge in [0.05, 0.1) is 11.1 Å². The van der Waals surface area contributed by atoms with E-state index >= 15 is 0 Å². The number of alkyl halides is 3. The van der Waals surface area contributed by atoms with Crippen molar-refractivity contribution >= 4 is 16.8 Å². The molecule has 0 aliphatic heterocycles. The van der Waals surface area contributed by atoms with Gasteiger partial charge in [0.2, 0.25) is 0 Å². The topological polar surface area (TPSA) is 54.9 Å². The van der Waals surface area contributed by atoms with Gasteiger partial charge in [-0.15, -0.1) is 0 Å². The summed E-state index contributed by atoms with van der Waals surface area (Å²) in [5.41, 5.74) is 2.55. The van der Waals surface area contributed by atoms with Crippen LogP contribution in [-0.2, 0) is 12.7 Å². The van der Waals surface area contributed by atoms with Crippen molar-refractivity contribution in [1.29, 1.82) is 0 Å². The van der Waals surface area contributed by atoms with Crippen molar-refractivity contribution in [2.24, 2.45) is 0 Å². The molecule has 156 valence electrons. The molecular weight excluding hydrogens is 403 g/mol. The van der Waals surface area contributed by atoms with Gasteiger partial charge in [-0.25, -0.2) is 9.97 Å². The summed E-state index contributed by atoms with van der Waals surface area (Å²) in [5, 5.41) is 3.34. The van der Waals surface area contributed by atoms with Crippen LogP contribution in [-0.4, -0.2) is 15.9 Å². The molecule has 0 spiro atoms. The van der Waals surface area contributed by atoms with Crippen LogP contribution in [0.3, 0.4) is 0 Å². The summed E-state index contributed by atoms with van der Waals surface area (Å²) in [7, 11) is 0. The maximum absolute atomic E-state index is 12.9. The lowest BCUT2D eigenvalue weighted by Gasteiger charge is -2.11. The largest absolute Gasteiger partial charge is 0.416 e. The molecule has 7 heteroatoms. The highest BCUT2D eigenvalue weighted by molar-refractivity contribution is 6.04. The number of hydrogen-bond acceptors (Lipinski definition) is 3. The Balaban J connectivity index is 1.62. The summed E-state index contributed by atoms with van der Waals surface area (Å²) in [5.74, 6) is 0.00485. The fourth-order valence-electron chi connectivity index (χ4n) is 3.16. The van der Waals surface area contributed by atoms with E-state index in [4.69, 9.17) is 0 Å². The van der Waals surface area contributed by atoms with Crippen LogP contribution in [0.25, 0.3) is 22.3 Å². The molecule has 0 fully saturated rings. The number of rotatable bonds is 4. The van der Waals surface area contributed by atoms with Gasteiger partial charge >= 0.3 is 6.18 Å². The molecule has 3 aromatic carbocycles. The third-order valence-corrected chi connectivity index (χ3v) is 4.86. The highest BCUT2D eigenvalue weighted by atomic mass is 19.4. The average Bonchev–Trinajstić information content (AvgIpc) is 2.77. The summed E-state index contributed by atoms with van der Waals surface area (Å²) in [6.07, 6.45) is -4.39. The lowest BCUT2D eigenvalue weighted by Crippen LogP contribution is -2.24. The maximum atomic E-state index is 12.9. The molecule has 4 aromatic rings. The van der Waals surface area contributed by atoms with Crippen molar-refractivity contribution in [3.05, 3.63) is 95.2 Å². The molecule has 0 saturated carbocycles. The van der Waals surface area contributed by atoms with Crippen molar-refractivity contribution in [3.63, 3.8) is 0 Å². The Kier molecular flexibility index (Phi) is 5.42. The number of benzene rings is 3. The Morgan fingerprint density at radius 3 is 2.26 bits per heavy atom. The minimum absolute atomic E-state index is 0.0785. The van der Waals surface area contributed by atoms with E-state index in [2.05, 4.69) is 15.3 Å². The van der Waals surface area contributed by atoms with Gasteiger partial charge < -0.3 is 5.32 Å². The standard InChI is InChI=1S/C24H18F3N3O/c1-15-6-10-17(11-7-15)22-29-20-5-3-2-4-19(20)21(30-22)23(31)28-14-16-8-12-18(13-9-16)24(25,26)27/h2-13H,14H2,1H3,(H,28,31). The summed E-state index contributed by atoms with van der Waals surface area (Å²) in [6.45, 7) is 2.06. The minimum Gasteiger partial charge on any atom is -0.347 e. The molecule has 4 rings (SSSR count). The van der Waals surface area contributed by atoms with E-state index < -0.39 is 17.6 Å². The second-order valence-electron chi connectivity index (χ2n) is 7.16. The van der Waals surface area contributed by atoms with Crippen LogP contribution in [0.15, 0.2) is 72.8 Å². The second kappa shape index (κ2) is 8.18. The van der Waals surface area contributed by atoms with E-state index in [0.29, 0.717) is 22.3 Å². The van der Waals surface area contributed by atoms with Gasteiger partial charge in [0.1, 0.15) is 5.69 Å². The number of nitrogens with zero attached hydrogens (tertiary/aromatic N) is 2. The monoisotopic (exact) mass is 421 g/mol. The molecule has 31 heavy (non-hydrogen) atoms. The highest BCUT2D eigenvalue weighted by Crippen LogP contribution is 2.29. The van der Waals surface area contributed by atoms with E-state index in [0.717, 1.165) is 23.3 Å². The fourth-order valence-corrected chi connectivity index (χ4v) is 3.16. The van der Waals surface area contributed by atoms with Gasteiger partial charge in [-0.05, 0) is 30.7 Å². The minimum atomic E-state index is -4.39. The van der Waals surface area contributed by atoms with Gasteiger partial charge in [-0.3, -0.25) is 4.79 Å². The highest BCUT2D eigenvalue weighted by Gasteiger charge is 2.29. The molecule has 0 aliphatic carbocycles. The van der Waals surface area contributed by atoms with Crippen LogP contribution < -0.4 is 5.32 Å². The predicted octanol–water partition coefficient (Wildman–Crippen LogP) is 5.55. The summed E-state index contributed by atoms with van der Waals surface area (Å²) in [6, 6.07) is 19.6. The van der Waals surface area contributed by atoms with Crippen LogP contribution in [0.2, 0.25) is 0 Å². The van der Waals surface area contributed by atoms with Crippen LogP contribution in [0.1, 0.15) is 27.2 Å². The molecule has 1 N–H and O–H groups in total. The molecular formula is C24H18F3N3O. The first kappa shape index (κ1) is 20.5. The van der Waals surface area contributed by atoms with Gasteiger partial charge in [0, 0.05) is 17.5 Å². The number of amides is 1. The van der Waals surface area contributed by atoms with Gasteiger partial charge in [0.15, 0.2) is 5.82 Å². The Morgan fingerprint density at radius 2 is 1.58 bits per heavy atom. The van der Waals surface area contributed by atoms with Crippen molar-refractivity contribution in [2.45, 2.75) is 19.6 Å². The smallest absolute Gasteiger partial charge is 0.347 e. The molecule has 1 heterocycles. The molecule has 0 radical (unpaired) electrons. The third kappa shape index (κ3) is 4.55. The second-order valence-corrected chi connectivity index (χ2v) is 7.16. The van der Waals surface area contributed by atoms with Crippen molar-refractivity contribution in [1.82, 2.24) is 15.3 Å².